The Morgan fingerprint density at radius 1 is 1.67 bits per heavy atom. The van der Waals surface area contributed by atoms with Crippen LogP contribution in [0.5, 0.6) is 0 Å². The van der Waals surface area contributed by atoms with Crippen LogP contribution >= 0.6 is 22.9 Å². The number of aromatic nitrogens is 4. The molecule has 0 aliphatic carbocycles. The van der Waals surface area contributed by atoms with Crippen molar-refractivity contribution in [3.8, 4) is 10.7 Å². The van der Waals surface area contributed by atoms with Gasteiger partial charge in [-0.3, -0.25) is 9.48 Å². The molecule has 78 valence electrons. The van der Waals surface area contributed by atoms with Gasteiger partial charge in [0.2, 0.25) is 0 Å². The number of thiazole rings is 1. The van der Waals surface area contributed by atoms with Crippen molar-refractivity contribution in [3.63, 3.8) is 0 Å². The maximum atomic E-state index is 11.2. The monoisotopic (exact) mass is 242 g/mol. The van der Waals surface area contributed by atoms with E-state index in [1.807, 2.05) is 0 Å². The Hall–Kier alpha value is -1.27. The molecule has 2 heterocycles. The van der Waals surface area contributed by atoms with E-state index in [4.69, 9.17) is 11.6 Å². The molecule has 0 atom stereocenters. The zero-order chi connectivity index (χ0) is 10.8. The van der Waals surface area contributed by atoms with E-state index in [9.17, 15) is 4.79 Å². The van der Waals surface area contributed by atoms with Crippen LogP contribution in [0.15, 0.2) is 11.6 Å². The molecule has 0 spiro atoms. The van der Waals surface area contributed by atoms with Crippen LogP contribution in [-0.2, 0) is 7.05 Å². The summed E-state index contributed by atoms with van der Waals surface area (Å²) in [6, 6.07) is 0. The highest BCUT2D eigenvalue weighted by molar-refractivity contribution is 7.13. The average Bonchev–Trinajstić information content (AvgIpc) is 2.84. The number of ketones is 1. The summed E-state index contributed by atoms with van der Waals surface area (Å²) in [7, 11) is 1.77. The first-order chi connectivity index (χ1) is 7.20. The molecule has 0 saturated carbocycles. The molecule has 0 radical (unpaired) electrons. The Balaban J connectivity index is 2.31. The van der Waals surface area contributed by atoms with Crippen LogP contribution in [0, 0.1) is 0 Å². The maximum Gasteiger partial charge on any atom is 0.196 e. The van der Waals surface area contributed by atoms with Crippen molar-refractivity contribution in [2.24, 2.45) is 7.05 Å². The van der Waals surface area contributed by atoms with Crippen LogP contribution in [0.4, 0.5) is 0 Å². The lowest BCUT2D eigenvalue weighted by Gasteiger charge is -1.87. The standard InChI is InChI=1S/C8H7ClN4OS/c1-13-3-5(11-12-13)8-10-6(4-15-8)7(14)2-9/h3-4H,2H2,1H3. The number of Topliss-reactive ketones (excluding diaryl/α,β-unsaturated/α-hetero) is 1. The van der Waals surface area contributed by atoms with Gasteiger partial charge < -0.3 is 0 Å². The molecule has 0 amide bonds. The first-order valence-electron chi connectivity index (χ1n) is 4.12. The van der Waals surface area contributed by atoms with Gasteiger partial charge in [0, 0.05) is 12.4 Å². The van der Waals surface area contributed by atoms with E-state index in [1.54, 1.807) is 23.3 Å². The van der Waals surface area contributed by atoms with E-state index in [2.05, 4.69) is 15.3 Å². The third-order valence-corrected chi connectivity index (χ3v) is 2.84. The van der Waals surface area contributed by atoms with Gasteiger partial charge in [-0.2, -0.15) is 0 Å². The van der Waals surface area contributed by atoms with Crippen molar-refractivity contribution in [1.82, 2.24) is 20.0 Å². The lowest BCUT2D eigenvalue weighted by Crippen LogP contribution is -2.00. The van der Waals surface area contributed by atoms with Crippen LogP contribution < -0.4 is 0 Å². The molecule has 0 unspecified atom stereocenters. The predicted octanol–water partition coefficient (Wildman–Crippen LogP) is 1.36. The largest absolute Gasteiger partial charge is 0.291 e. The Bertz CT molecular complexity index is 492. The van der Waals surface area contributed by atoms with E-state index in [0.717, 1.165) is 0 Å². The summed E-state index contributed by atoms with van der Waals surface area (Å²) in [5.41, 5.74) is 1.05. The number of nitrogens with zero attached hydrogens (tertiary/aromatic N) is 4. The minimum atomic E-state index is -0.178. The molecular formula is C8H7ClN4OS. The number of rotatable bonds is 3. The minimum Gasteiger partial charge on any atom is -0.291 e. The Morgan fingerprint density at radius 3 is 3.07 bits per heavy atom. The van der Waals surface area contributed by atoms with Gasteiger partial charge >= 0.3 is 0 Å². The summed E-state index contributed by atoms with van der Waals surface area (Å²) in [5, 5.41) is 10.0. The van der Waals surface area contributed by atoms with E-state index >= 15 is 0 Å². The summed E-state index contributed by atoms with van der Waals surface area (Å²) < 4.78 is 1.58. The maximum absolute atomic E-state index is 11.2. The highest BCUT2D eigenvalue weighted by Crippen LogP contribution is 2.21. The van der Waals surface area contributed by atoms with E-state index < -0.39 is 0 Å². The van der Waals surface area contributed by atoms with Crippen molar-refractivity contribution in [2.75, 3.05) is 5.88 Å². The summed E-state index contributed by atoms with van der Waals surface area (Å²) in [5.74, 6) is -0.230. The van der Waals surface area contributed by atoms with E-state index in [-0.39, 0.29) is 11.7 Å². The molecule has 0 aromatic carbocycles. The molecule has 0 bridgehead atoms. The van der Waals surface area contributed by atoms with Crippen molar-refractivity contribution in [3.05, 3.63) is 17.3 Å². The van der Waals surface area contributed by atoms with Gasteiger partial charge in [0.15, 0.2) is 5.78 Å². The molecule has 15 heavy (non-hydrogen) atoms. The van der Waals surface area contributed by atoms with Crippen LogP contribution in [0.25, 0.3) is 10.7 Å². The first-order valence-corrected chi connectivity index (χ1v) is 5.53. The molecule has 0 fully saturated rings. The smallest absolute Gasteiger partial charge is 0.196 e. The SMILES string of the molecule is Cn1cc(-c2nc(C(=O)CCl)cs2)nn1. The van der Waals surface area contributed by atoms with Gasteiger partial charge in [-0.15, -0.1) is 28.0 Å². The second kappa shape index (κ2) is 4.08. The molecule has 0 saturated heterocycles. The quantitative estimate of drug-likeness (QED) is 0.602. The number of hydrogen-bond acceptors (Lipinski definition) is 5. The Labute approximate surface area is 94.7 Å². The zero-order valence-corrected chi connectivity index (χ0v) is 9.42. The molecule has 2 aromatic heterocycles. The van der Waals surface area contributed by atoms with E-state index in [0.29, 0.717) is 16.4 Å². The van der Waals surface area contributed by atoms with Crippen LogP contribution in [0.1, 0.15) is 10.5 Å². The molecule has 2 aromatic rings. The van der Waals surface area contributed by atoms with Crippen molar-refractivity contribution in [1.29, 1.82) is 0 Å². The summed E-state index contributed by atoms with van der Waals surface area (Å²) in [6.45, 7) is 0. The Morgan fingerprint density at radius 2 is 2.47 bits per heavy atom. The second-order valence-corrected chi connectivity index (χ2v) is 4.00. The van der Waals surface area contributed by atoms with Gasteiger partial charge in [0.05, 0.1) is 12.1 Å². The highest BCUT2D eigenvalue weighted by Gasteiger charge is 2.12. The molecule has 2 rings (SSSR count). The lowest BCUT2D eigenvalue weighted by atomic mass is 10.3. The molecule has 7 heteroatoms. The molecular weight excluding hydrogens is 236 g/mol. The molecule has 5 nitrogen and oxygen atoms in total. The normalized spacial score (nSPS) is 10.5. The molecule has 0 aliphatic heterocycles. The third kappa shape index (κ3) is 2.05. The van der Waals surface area contributed by atoms with Gasteiger partial charge in [0.25, 0.3) is 0 Å². The van der Waals surface area contributed by atoms with E-state index in [1.165, 1.54) is 11.3 Å². The van der Waals surface area contributed by atoms with Crippen LogP contribution in [-0.4, -0.2) is 31.6 Å². The van der Waals surface area contributed by atoms with Crippen molar-refractivity contribution in [2.45, 2.75) is 0 Å². The topological polar surface area (TPSA) is 60.7 Å². The number of carbonyl (C=O) groups is 1. The number of carbonyl (C=O) groups excluding carboxylic acids is 1. The fourth-order valence-corrected chi connectivity index (χ4v) is 1.94. The van der Waals surface area contributed by atoms with Gasteiger partial charge in [-0.25, -0.2) is 4.98 Å². The van der Waals surface area contributed by atoms with Gasteiger partial charge in [-0.05, 0) is 0 Å². The number of hydrogen-bond donors (Lipinski definition) is 0. The number of aryl methyl sites for hydroxylation is 1. The molecule has 0 aliphatic rings. The Kier molecular flexibility index (Phi) is 2.79. The predicted molar refractivity (Wildman–Crippen MR) is 57.2 cm³/mol. The summed E-state index contributed by atoms with van der Waals surface area (Å²) in [4.78, 5) is 15.4. The van der Waals surface area contributed by atoms with Gasteiger partial charge in [-0.1, -0.05) is 5.21 Å². The van der Waals surface area contributed by atoms with Gasteiger partial charge in [0.1, 0.15) is 16.4 Å². The fraction of sp³-hybridized carbons (Fsp3) is 0.250. The third-order valence-electron chi connectivity index (χ3n) is 1.73. The van der Waals surface area contributed by atoms with Crippen LogP contribution in [0.2, 0.25) is 0 Å². The minimum absolute atomic E-state index is 0.0519. The van der Waals surface area contributed by atoms with Crippen molar-refractivity contribution >= 4 is 28.7 Å². The fourth-order valence-electron chi connectivity index (χ4n) is 1.03. The number of alkyl halides is 1. The second-order valence-electron chi connectivity index (χ2n) is 2.87. The summed E-state index contributed by atoms with van der Waals surface area (Å²) in [6.07, 6.45) is 1.74. The molecule has 0 N–H and O–H groups in total. The van der Waals surface area contributed by atoms with Crippen LogP contribution in [0.3, 0.4) is 0 Å². The van der Waals surface area contributed by atoms with Crippen molar-refractivity contribution < 1.29 is 4.79 Å². The first kappa shape index (κ1) is 10.3. The summed E-state index contributed by atoms with van der Waals surface area (Å²) >= 11 is 6.78. The highest BCUT2D eigenvalue weighted by atomic mass is 35.5. The average molecular weight is 243 g/mol. The lowest BCUT2D eigenvalue weighted by molar-refractivity contribution is 0.101. The zero-order valence-electron chi connectivity index (χ0n) is 7.85. The number of halogens is 1.